The normalized spacial score (nSPS) is 24.6. The van der Waals surface area contributed by atoms with Gasteiger partial charge in [0.2, 0.25) is 5.91 Å². The van der Waals surface area contributed by atoms with Gasteiger partial charge in [-0.15, -0.1) is 0 Å². The van der Waals surface area contributed by atoms with Gasteiger partial charge in [-0.3, -0.25) is 14.2 Å². The van der Waals surface area contributed by atoms with Crippen molar-refractivity contribution >= 4 is 16.8 Å². The van der Waals surface area contributed by atoms with Crippen LogP contribution in [-0.4, -0.2) is 58.4 Å². The van der Waals surface area contributed by atoms with Crippen LogP contribution in [-0.2, 0) is 11.3 Å². The molecule has 1 N–H and O–H groups in total. The molecular weight excluding hydrogens is 482 g/mol. The van der Waals surface area contributed by atoms with Gasteiger partial charge >= 0.3 is 0 Å². The Balaban J connectivity index is 1.37. The van der Waals surface area contributed by atoms with Crippen LogP contribution in [0, 0.1) is 17.3 Å². The standard InChI is InChI=1S/C30H43N3O5/c1-21(15-22-9-5-4-6-10-22)27(34)32-14-13-30(36,29(18-32)11-7-8-12-29)19-33-20-31-24-17-26(38-3)25(37-2)16-23(24)28(33)35/h16-17,20-22,36H,4-15,18-19H2,1-3H3. The van der Waals surface area contributed by atoms with Crippen LogP contribution in [0.2, 0.25) is 0 Å². The Morgan fingerprint density at radius 1 is 1.08 bits per heavy atom. The molecule has 8 nitrogen and oxygen atoms in total. The molecule has 1 aliphatic heterocycles. The number of piperidine rings is 1. The number of methoxy groups -OCH3 is 2. The number of nitrogens with zero attached hydrogens (tertiary/aromatic N) is 3. The Kier molecular flexibility index (Phi) is 7.72. The number of aromatic nitrogens is 2. The SMILES string of the molecule is COc1cc2ncn(CC3(O)CCN(C(=O)C(C)CC4CCCCC4)CC34CCCC4)c(=O)c2cc1OC. The minimum atomic E-state index is -1.08. The van der Waals surface area contributed by atoms with Crippen molar-refractivity contribution in [3.05, 3.63) is 28.8 Å². The van der Waals surface area contributed by atoms with Crippen LogP contribution in [0.25, 0.3) is 10.9 Å². The first-order chi connectivity index (χ1) is 18.3. The number of carbonyl (C=O) groups is 1. The summed E-state index contributed by atoms with van der Waals surface area (Å²) < 4.78 is 12.3. The van der Waals surface area contributed by atoms with E-state index in [0.717, 1.165) is 32.1 Å². The third kappa shape index (κ3) is 4.92. The van der Waals surface area contributed by atoms with E-state index in [4.69, 9.17) is 9.47 Å². The molecule has 2 aliphatic carbocycles. The molecule has 2 unspecified atom stereocenters. The highest BCUT2D eigenvalue weighted by Crippen LogP contribution is 2.52. The lowest BCUT2D eigenvalue weighted by Gasteiger charge is -2.52. The molecule has 208 valence electrons. The van der Waals surface area contributed by atoms with Crippen LogP contribution >= 0.6 is 0 Å². The van der Waals surface area contributed by atoms with E-state index < -0.39 is 11.0 Å². The molecular formula is C30H43N3O5. The average molecular weight is 526 g/mol. The molecule has 2 aromatic rings. The second-order valence-corrected chi connectivity index (χ2v) is 12.1. The minimum absolute atomic E-state index is 0.0158. The van der Waals surface area contributed by atoms with Gasteiger partial charge in [0.05, 0.1) is 43.6 Å². The van der Waals surface area contributed by atoms with Crippen molar-refractivity contribution in [2.75, 3.05) is 27.3 Å². The molecule has 1 saturated heterocycles. The third-order valence-corrected chi connectivity index (χ3v) is 9.74. The molecule has 0 bridgehead atoms. The van der Waals surface area contributed by atoms with Crippen molar-refractivity contribution in [1.82, 2.24) is 14.5 Å². The molecule has 2 heterocycles. The zero-order valence-electron chi connectivity index (χ0n) is 23.2. The molecule has 8 heteroatoms. The van der Waals surface area contributed by atoms with Crippen LogP contribution in [0.1, 0.15) is 77.6 Å². The summed E-state index contributed by atoms with van der Waals surface area (Å²) in [4.78, 5) is 33.6. The maximum absolute atomic E-state index is 13.6. The van der Waals surface area contributed by atoms with E-state index in [0.29, 0.717) is 47.8 Å². The zero-order valence-corrected chi connectivity index (χ0v) is 23.2. The predicted octanol–water partition coefficient (Wildman–Crippen LogP) is 4.54. The number of ether oxygens (including phenoxy) is 2. The van der Waals surface area contributed by atoms with Gasteiger partial charge in [0.1, 0.15) is 0 Å². The summed E-state index contributed by atoms with van der Waals surface area (Å²) in [6.45, 7) is 3.34. The minimum Gasteiger partial charge on any atom is -0.493 e. The number of likely N-dealkylation sites (tertiary alicyclic amines) is 1. The second-order valence-electron chi connectivity index (χ2n) is 12.1. The van der Waals surface area contributed by atoms with Gasteiger partial charge in [-0.1, -0.05) is 51.9 Å². The number of hydrogen-bond donors (Lipinski definition) is 1. The molecule has 1 spiro atoms. The zero-order chi connectivity index (χ0) is 26.9. The van der Waals surface area contributed by atoms with Gasteiger partial charge in [0.25, 0.3) is 5.56 Å². The quantitative estimate of drug-likeness (QED) is 0.570. The van der Waals surface area contributed by atoms with Gasteiger partial charge in [-0.2, -0.15) is 0 Å². The maximum atomic E-state index is 13.6. The van der Waals surface area contributed by atoms with E-state index in [-0.39, 0.29) is 23.9 Å². The summed E-state index contributed by atoms with van der Waals surface area (Å²) >= 11 is 0. The predicted molar refractivity (Wildman–Crippen MR) is 147 cm³/mol. The van der Waals surface area contributed by atoms with Crippen molar-refractivity contribution in [2.45, 2.75) is 89.7 Å². The molecule has 38 heavy (non-hydrogen) atoms. The van der Waals surface area contributed by atoms with E-state index in [1.807, 2.05) is 4.90 Å². The third-order valence-electron chi connectivity index (χ3n) is 9.74. The van der Waals surface area contributed by atoms with E-state index in [1.54, 1.807) is 19.2 Å². The average Bonchev–Trinajstić information content (AvgIpc) is 3.41. The topological polar surface area (TPSA) is 93.9 Å². The monoisotopic (exact) mass is 525 g/mol. The first kappa shape index (κ1) is 27.0. The Labute approximate surface area is 225 Å². The summed E-state index contributed by atoms with van der Waals surface area (Å²) in [7, 11) is 3.09. The van der Waals surface area contributed by atoms with Crippen LogP contribution in [0.15, 0.2) is 23.3 Å². The smallest absolute Gasteiger partial charge is 0.261 e. The molecule has 2 atom stereocenters. The summed E-state index contributed by atoms with van der Waals surface area (Å²) in [6.07, 6.45) is 13.1. The van der Waals surface area contributed by atoms with Gasteiger partial charge in [0.15, 0.2) is 11.5 Å². The van der Waals surface area contributed by atoms with Crippen LogP contribution in [0.3, 0.4) is 0 Å². The Hall–Kier alpha value is -2.61. The number of aliphatic hydroxyl groups is 1. The lowest BCUT2D eigenvalue weighted by atomic mass is 9.65. The van der Waals surface area contributed by atoms with E-state index in [1.165, 1.54) is 50.1 Å². The van der Waals surface area contributed by atoms with Crippen molar-refractivity contribution in [1.29, 1.82) is 0 Å². The number of amides is 1. The fourth-order valence-corrected chi connectivity index (χ4v) is 7.50. The van der Waals surface area contributed by atoms with Crippen molar-refractivity contribution in [2.24, 2.45) is 17.3 Å². The highest BCUT2D eigenvalue weighted by molar-refractivity contribution is 5.81. The van der Waals surface area contributed by atoms with Crippen LogP contribution in [0.4, 0.5) is 0 Å². The van der Waals surface area contributed by atoms with E-state index in [9.17, 15) is 14.7 Å². The number of rotatable bonds is 7. The lowest BCUT2D eigenvalue weighted by molar-refractivity contribution is -0.163. The molecule has 5 rings (SSSR count). The Bertz CT molecular complexity index is 1210. The van der Waals surface area contributed by atoms with Crippen LogP contribution < -0.4 is 15.0 Å². The number of fused-ring (bicyclic) bond motifs is 1. The first-order valence-corrected chi connectivity index (χ1v) is 14.4. The van der Waals surface area contributed by atoms with Gasteiger partial charge < -0.3 is 19.5 Å². The summed E-state index contributed by atoms with van der Waals surface area (Å²) in [5, 5.41) is 12.6. The molecule has 3 aliphatic rings. The largest absolute Gasteiger partial charge is 0.493 e. The first-order valence-electron chi connectivity index (χ1n) is 14.4. The van der Waals surface area contributed by atoms with Crippen molar-refractivity contribution in [3.8, 4) is 11.5 Å². The highest BCUT2D eigenvalue weighted by Gasteiger charge is 2.55. The van der Waals surface area contributed by atoms with Crippen LogP contribution in [0.5, 0.6) is 11.5 Å². The number of hydrogen-bond acceptors (Lipinski definition) is 6. The molecule has 1 amide bonds. The van der Waals surface area contributed by atoms with Gasteiger partial charge in [0, 0.05) is 30.5 Å². The summed E-state index contributed by atoms with van der Waals surface area (Å²) in [5.41, 5.74) is -1.17. The fraction of sp³-hybridized carbons (Fsp3) is 0.700. The number of benzene rings is 1. The fourth-order valence-electron chi connectivity index (χ4n) is 7.50. The van der Waals surface area contributed by atoms with Gasteiger partial charge in [-0.05, 0) is 37.7 Å². The van der Waals surface area contributed by atoms with Gasteiger partial charge in [-0.25, -0.2) is 4.98 Å². The summed E-state index contributed by atoms with van der Waals surface area (Å²) in [5.74, 6) is 1.90. The number of carbonyl (C=O) groups excluding carboxylic acids is 1. The molecule has 1 aromatic heterocycles. The molecule has 2 saturated carbocycles. The lowest BCUT2D eigenvalue weighted by Crippen LogP contribution is -2.62. The molecule has 1 aromatic carbocycles. The maximum Gasteiger partial charge on any atom is 0.261 e. The van der Waals surface area contributed by atoms with Crippen molar-refractivity contribution in [3.63, 3.8) is 0 Å². The highest BCUT2D eigenvalue weighted by atomic mass is 16.5. The Morgan fingerprint density at radius 3 is 2.45 bits per heavy atom. The van der Waals surface area contributed by atoms with E-state index >= 15 is 0 Å². The molecule has 3 fully saturated rings. The van der Waals surface area contributed by atoms with Crippen molar-refractivity contribution < 1.29 is 19.4 Å². The van der Waals surface area contributed by atoms with E-state index in [2.05, 4.69) is 11.9 Å². The second kappa shape index (κ2) is 10.9. The summed E-state index contributed by atoms with van der Waals surface area (Å²) in [6, 6.07) is 3.36. The molecule has 0 radical (unpaired) electrons. The Morgan fingerprint density at radius 2 is 1.76 bits per heavy atom.